The Bertz CT molecular complexity index is 524. The summed E-state index contributed by atoms with van der Waals surface area (Å²) in [6.07, 6.45) is 6.69. The van der Waals surface area contributed by atoms with Gasteiger partial charge in [0.1, 0.15) is 5.52 Å². The van der Waals surface area contributed by atoms with Crippen LogP contribution in [0.15, 0.2) is 24.7 Å². The highest BCUT2D eigenvalue weighted by Gasteiger charge is 2.25. The van der Waals surface area contributed by atoms with E-state index in [4.69, 9.17) is 0 Å². The van der Waals surface area contributed by atoms with Gasteiger partial charge in [-0.3, -0.25) is 0 Å². The van der Waals surface area contributed by atoms with Crippen LogP contribution in [-0.2, 0) is 0 Å². The van der Waals surface area contributed by atoms with Gasteiger partial charge in [0.2, 0.25) is 0 Å². The summed E-state index contributed by atoms with van der Waals surface area (Å²) in [5.41, 5.74) is 1.09. The number of piperidine rings is 1. The molecule has 2 atom stereocenters. The van der Waals surface area contributed by atoms with Crippen LogP contribution in [0, 0.1) is 5.92 Å². The lowest BCUT2D eigenvalue weighted by Crippen LogP contribution is -2.40. The molecule has 0 N–H and O–H groups in total. The number of alkyl halides is 1. The summed E-state index contributed by atoms with van der Waals surface area (Å²) in [6, 6.07) is 2.02. The molecule has 3 heterocycles. The molecule has 0 aromatic carbocycles. The molecule has 5 heteroatoms. The summed E-state index contributed by atoms with van der Waals surface area (Å²) in [6.45, 7) is 4.38. The Morgan fingerprint density at radius 1 is 1.41 bits per heavy atom. The van der Waals surface area contributed by atoms with Gasteiger partial charge in [-0.15, -0.1) is 0 Å². The summed E-state index contributed by atoms with van der Waals surface area (Å²) < 4.78 is 1.88. The molecule has 1 aliphatic heterocycles. The first-order valence-corrected chi connectivity index (χ1v) is 6.84. The number of nitrogens with zero attached hydrogens (tertiary/aromatic N) is 4. The van der Waals surface area contributed by atoms with E-state index in [0.717, 1.165) is 30.8 Å². The van der Waals surface area contributed by atoms with Crippen LogP contribution in [0.5, 0.6) is 0 Å². The van der Waals surface area contributed by atoms with Crippen LogP contribution in [0.1, 0.15) is 13.3 Å². The van der Waals surface area contributed by atoms with Crippen molar-refractivity contribution in [2.45, 2.75) is 18.2 Å². The van der Waals surface area contributed by atoms with E-state index in [0.29, 0.717) is 10.7 Å². The maximum absolute atomic E-state index is 4.51. The zero-order chi connectivity index (χ0) is 11.8. The standard InChI is InChI=1S/C12H15BrN4/c1-9-8-16(6-3-10(9)13)12-11-2-4-15-17(11)7-5-14-12/h2,4-5,7,9-10H,3,6,8H2,1H3. The quantitative estimate of drug-likeness (QED) is 0.757. The van der Waals surface area contributed by atoms with Gasteiger partial charge in [0, 0.05) is 30.3 Å². The predicted molar refractivity (Wildman–Crippen MR) is 71.7 cm³/mol. The van der Waals surface area contributed by atoms with Crippen molar-refractivity contribution in [3.05, 3.63) is 24.7 Å². The smallest absolute Gasteiger partial charge is 0.154 e. The van der Waals surface area contributed by atoms with E-state index in [1.54, 1.807) is 0 Å². The van der Waals surface area contributed by atoms with Crippen molar-refractivity contribution < 1.29 is 0 Å². The topological polar surface area (TPSA) is 33.4 Å². The molecule has 1 saturated heterocycles. The molecule has 0 amide bonds. The van der Waals surface area contributed by atoms with Crippen LogP contribution in [0.25, 0.3) is 5.52 Å². The fourth-order valence-electron chi connectivity index (χ4n) is 2.40. The Hall–Kier alpha value is -1.10. The van der Waals surface area contributed by atoms with E-state index in [1.165, 1.54) is 0 Å². The molecule has 1 aliphatic rings. The fourth-order valence-corrected chi connectivity index (χ4v) is 2.77. The van der Waals surface area contributed by atoms with Crippen LogP contribution in [0.3, 0.4) is 0 Å². The lowest BCUT2D eigenvalue weighted by atomic mass is 10.00. The van der Waals surface area contributed by atoms with E-state index >= 15 is 0 Å². The van der Waals surface area contributed by atoms with E-state index in [9.17, 15) is 0 Å². The molecule has 0 bridgehead atoms. The molecule has 2 aromatic rings. The van der Waals surface area contributed by atoms with Gasteiger partial charge in [0.05, 0.1) is 6.20 Å². The highest BCUT2D eigenvalue weighted by atomic mass is 79.9. The van der Waals surface area contributed by atoms with Crippen molar-refractivity contribution in [3.63, 3.8) is 0 Å². The third kappa shape index (κ3) is 1.92. The summed E-state index contributed by atoms with van der Waals surface area (Å²) in [5, 5.41) is 4.25. The number of fused-ring (bicyclic) bond motifs is 1. The minimum Gasteiger partial charge on any atom is -0.354 e. The van der Waals surface area contributed by atoms with Crippen LogP contribution in [0.2, 0.25) is 0 Å². The number of hydrogen-bond donors (Lipinski definition) is 0. The molecule has 4 nitrogen and oxygen atoms in total. The molecule has 1 fully saturated rings. The van der Waals surface area contributed by atoms with E-state index in [2.05, 4.69) is 37.8 Å². The number of hydrogen-bond acceptors (Lipinski definition) is 3. The predicted octanol–water partition coefficient (Wildman–Crippen LogP) is 2.34. The third-order valence-electron chi connectivity index (χ3n) is 3.40. The maximum atomic E-state index is 4.51. The Kier molecular flexibility index (Phi) is 2.78. The van der Waals surface area contributed by atoms with Gasteiger partial charge in [0.25, 0.3) is 0 Å². The second-order valence-electron chi connectivity index (χ2n) is 4.64. The van der Waals surface area contributed by atoms with Crippen LogP contribution in [0.4, 0.5) is 5.82 Å². The zero-order valence-corrected chi connectivity index (χ0v) is 11.3. The van der Waals surface area contributed by atoms with Crippen LogP contribution >= 0.6 is 15.9 Å². The van der Waals surface area contributed by atoms with Gasteiger partial charge in [0.15, 0.2) is 5.82 Å². The summed E-state index contributed by atoms with van der Waals surface area (Å²) in [7, 11) is 0. The second-order valence-corrected chi connectivity index (χ2v) is 5.82. The Labute approximate surface area is 109 Å². The fraction of sp³-hybridized carbons (Fsp3) is 0.500. The first kappa shape index (κ1) is 11.0. The number of anilines is 1. The first-order valence-electron chi connectivity index (χ1n) is 5.93. The van der Waals surface area contributed by atoms with Gasteiger partial charge in [-0.1, -0.05) is 22.9 Å². The van der Waals surface area contributed by atoms with Crippen molar-refractivity contribution >= 4 is 27.3 Å². The van der Waals surface area contributed by atoms with Gasteiger partial charge in [-0.05, 0) is 18.4 Å². The Morgan fingerprint density at radius 3 is 3.12 bits per heavy atom. The zero-order valence-electron chi connectivity index (χ0n) is 9.75. The molecule has 2 unspecified atom stereocenters. The van der Waals surface area contributed by atoms with Gasteiger partial charge in [-0.2, -0.15) is 5.10 Å². The van der Waals surface area contributed by atoms with Crippen molar-refractivity contribution in [2.24, 2.45) is 5.92 Å². The number of rotatable bonds is 1. The largest absolute Gasteiger partial charge is 0.354 e. The third-order valence-corrected chi connectivity index (χ3v) is 4.76. The van der Waals surface area contributed by atoms with Crippen molar-refractivity contribution in [3.8, 4) is 0 Å². The van der Waals surface area contributed by atoms with Crippen molar-refractivity contribution in [1.82, 2.24) is 14.6 Å². The Morgan fingerprint density at radius 2 is 2.29 bits per heavy atom. The average molecular weight is 295 g/mol. The lowest BCUT2D eigenvalue weighted by Gasteiger charge is -2.35. The minimum absolute atomic E-state index is 0.628. The molecule has 90 valence electrons. The lowest BCUT2D eigenvalue weighted by molar-refractivity contribution is 0.464. The van der Waals surface area contributed by atoms with Crippen LogP contribution < -0.4 is 4.90 Å². The molecule has 0 radical (unpaired) electrons. The summed E-state index contributed by atoms with van der Waals surface area (Å²) in [4.78, 5) is 7.50. The number of aromatic nitrogens is 3. The average Bonchev–Trinajstić information content (AvgIpc) is 2.80. The molecule has 0 aliphatic carbocycles. The van der Waals surface area contributed by atoms with E-state index in [-0.39, 0.29) is 0 Å². The number of halogens is 1. The van der Waals surface area contributed by atoms with Gasteiger partial charge in [-0.25, -0.2) is 9.50 Å². The van der Waals surface area contributed by atoms with Crippen molar-refractivity contribution in [1.29, 1.82) is 0 Å². The van der Waals surface area contributed by atoms with Gasteiger partial charge >= 0.3 is 0 Å². The normalized spacial score (nSPS) is 25.4. The van der Waals surface area contributed by atoms with Crippen molar-refractivity contribution in [2.75, 3.05) is 18.0 Å². The summed E-state index contributed by atoms with van der Waals surface area (Å²) in [5.74, 6) is 1.70. The minimum atomic E-state index is 0.628. The second kappa shape index (κ2) is 4.29. The molecule has 2 aromatic heterocycles. The monoisotopic (exact) mass is 294 g/mol. The molecule has 0 spiro atoms. The van der Waals surface area contributed by atoms with Gasteiger partial charge < -0.3 is 4.90 Å². The maximum Gasteiger partial charge on any atom is 0.154 e. The molecule has 0 saturated carbocycles. The summed E-state index contributed by atoms with van der Waals surface area (Å²) >= 11 is 3.73. The molecule has 17 heavy (non-hydrogen) atoms. The molecular weight excluding hydrogens is 280 g/mol. The highest BCUT2D eigenvalue weighted by Crippen LogP contribution is 2.28. The highest BCUT2D eigenvalue weighted by molar-refractivity contribution is 9.09. The van der Waals surface area contributed by atoms with Crippen LogP contribution in [-0.4, -0.2) is 32.5 Å². The Balaban J connectivity index is 1.96. The SMILES string of the molecule is CC1CN(c2nccn3nccc23)CCC1Br. The molecular formula is C12H15BrN4. The molecule has 3 rings (SSSR count). The van der Waals surface area contributed by atoms with E-state index < -0.39 is 0 Å². The first-order chi connectivity index (χ1) is 8.25. The van der Waals surface area contributed by atoms with E-state index in [1.807, 2.05) is 29.2 Å².